The van der Waals surface area contributed by atoms with Gasteiger partial charge in [0.25, 0.3) is 0 Å². The van der Waals surface area contributed by atoms with E-state index >= 15 is 0 Å². The summed E-state index contributed by atoms with van der Waals surface area (Å²) in [5.41, 5.74) is 0.408. The Balaban J connectivity index is 1.70. The van der Waals surface area contributed by atoms with Crippen molar-refractivity contribution in [3.8, 4) is 23.5 Å². The van der Waals surface area contributed by atoms with Crippen LogP contribution in [0.25, 0.3) is 0 Å². The molecule has 2 heterocycles. The van der Waals surface area contributed by atoms with E-state index in [0.29, 0.717) is 0 Å². The number of hydrogen-bond acceptors (Lipinski definition) is 10. The Morgan fingerprint density at radius 3 is 1.62 bits per heavy atom. The van der Waals surface area contributed by atoms with Crippen LogP contribution < -0.4 is 9.47 Å². The molecule has 0 spiro atoms. The summed E-state index contributed by atoms with van der Waals surface area (Å²) in [6.07, 6.45) is 0. The number of halogens is 4. The van der Waals surface area contributed by atoms with E-state index in [9.17, 15) is 9.59 Å². The third-order valence-corrected chi connectivity index (χ3v) is 5.20. The molecule has 1 aliphatic carbocycles. The zero-order chi connectivity index (χ0) is 24.0. The Bertz CT molecular complexity index is 1480. The van der Waals surface area contributed by atoms with Gasteiger partial charge < -0.3 is 9.47 Å². The van der Waals surface area contributed by atoms with E-state index < -0.39 is 5.78 Å². The summed E-state index contributed by atoms with van der Waals surface area (Å²) in [4.78, 5) is 49.2. The summed E-state index contributed by atoms with van der Waals surface area (Å²) in [5.74, 6) is -1.18. The number of fused-ring (bicyclic) bond motifs is 2. The van der Waals surface area contributed by atoms with Crippen molar-refractivity contribution in [3.63, 3.8) is 0 Å². The molecule has 4 aromatic rings. The Morgan fingerprint density at radius 2 is 1.06 bits per heavy atom. The van der Waals surface area contributed by atoms with Gasteiger partial charge in [-0.3, -0.25) is 9.59 Å². The molecule has 2 aromatic carbocycles. The largest absolute Gasteiger partial charge is 0.420 e. The predicted octanol–water partition coefficient (Wildman–Crippen LogP) is 5.03. The molecule has 0 saturated heterocycles. The lowest BCUT2D eigenvalue weighted by Crippen LogP contribution is -2.22. The highest BCUT2D eigenvalue weighted by Crippen LogP contribution is 2.42. The number of carbonyl (C=O) groups is 2. The van der Waals surface area contributed by atoms with Gasteiger partial charge in [-0.2, -0.15) is 29.9 Å². The maximum atomic E-state index is 13.4. The van der Waals surface area contributed by atoms with Crippen molar-refractivity contribution in [1.82, 2.24) is 29.9 Å². The molecule has 0 saturated carbocycles. The highest BCUT2D eigenvalue weighted by Gasteiger charge is 2.35. The third kappa shape index (κ3) is 4.12. The molecular formula is C20H6Cl4N6O4. The molecule has 14 heteroatoms. The minimum atomic E-state index is -0.497. The molecule has 10 nitrogen and oxygen atoms in total. The highest BCUT2D eigenvalue weighted by atomic mass is 35.5. The summed E-state index contributed by atoms with van der Waals surface area (Å²) >= 11 is 23.3. The van der Waals surface area contributed by atoms with Gasteiger partial charge in [0.2, 0.25) is 21.1 Å². The van der Waals surface area contributed by atoms with Crippen LogP contribution in [-0.4, -0.2) is 41.5 Å². The van der Waals surface area contributed by atoms with E-state index in [1.807, 2.05) is 0 Å². The van der Waals surface area contributed by atoms with Crippen LogP contribution in [0, 0.1) is 0 Å². The quantitative estimate of drug-likeness (QED) is 0.308. The van der Waals surface area contributed by atoms with Crippen LogP contribution in [0.4, 0.5) is 0 Å². The second kappa shape index (κ2) is 8.73. The Labute approximate surface area is 209 Å². The summed E-state index contributed by atoms with van der Waals surface area (Å²) < 4.78 is 11.5. The molecule has 34 heavy (non-hydrogen) atoms. The average molecular weight is 536 g/mol. The van der Waals surface area contributed by atoms with E-state index in [4.69, 9.17) is 55.9 Å². The van der Waals surface area contributed by atoms with Crippen LogP contribution in [-0.2, 0) is 0 Å². The molecule has 0 unspecified atom stereocenters. The predicted molar refractivity (Wildman–Crippen MR) is 120 cm³/mol. The molecule has 0 N–H and O–H groups in total. The van der Waals surface area contributed by atoms with Crippen LogP contribution in [0.3, 0.4) is 0 Å². The summed E-state index contributed by atoms with van der Waals surface area (Å²) in [6.45, 7) is 0. The van der Waals surface area contributed by atoms with Crippen molar-refractivity contribution in [3.05, 3.63) is 79.8 Å². The number of hydrogen-bond donors (Lipinski definition) is 0. The maximum absolute atomic E-state index is 13.4. The van der Waals surface area contributed by atoms with Crippen LogP contribution >= 0.6 is 46.4 Å². The molecule has 5 rings (SSSR count). The van der Waals surface area contributed by atoms with Crippen molar-refractivity contribution >= 4 is 58.0 Å². The van der Waals surface area contributed by atoms with Gasteiger partial charge in [-0.25, -0.2) is 0 Å². The zero-order valence-electron chi connectivity index (χ0n) is 16.3. The van der Waals surface area contributed by atoms with E-state index in [2.05, 4.69) is 29.9 Å². The average Bonchev–Trinajstić information content (AvgIpc) is 2.77. The van der Waals surface area contributed by atoms with Crippen molar-refractivity contribution in [2.24, 2.45) is 0 Å². The molecule has 168 valence electrons. The summed E-state index contributed by atoms with van der Waals surface area (Å²) in [7, 11) is 0. The fourth-order valence-electron chi connectivity index (χ4n) is 3.22. The Morgan fingerprint density at radius 1 is 0.559 bits per heavy atom. The first-order valence-electron chi connectivity index (χ1n) is 9.15. The van der Waals surface area contributed by atoms with Crippen molar-refractivity contribution < 1.29 is 19.1 Å². The second-order valence-corrected chi connectivity index (χ2v) is 7.89. The molecule has 1 aliphatic rings. The number of carbonyl (C=O) groups excluding carboxylic acids is 2. The van der Waals surface area contributed by atoms with Crippen LogP contribution in [0.15, 0.2) is 36.4 Å². The topological polar surface area (TPSA) is 130 Å². The second-order valence-electron chi connectivity index (χ2n) is 6.54. The first-order valence-corrected chi connectivity index (χ1v) is 10.7. The van der Waals surface area contributed by atoms with Gasteiger partial charge in [0.15, 0.2) is 23.1 Å². The standard InChI is InChI=1S/C20H6Cl4N6O4/c21-15-25-16(22)28-19(27-15)33-10-6-5-9-11(13(32)8-4-2-1-3-7(8)12(9)31)14(10)34-20-29-17(23)26-18(24)30-20/h1-6H. The fourth-order valence-corrected chi connectivity index (χ4v) is 3.91. The van der Waals surface area contributed by atoms with Crippen LogP contribution in [0.2, 0.25) is 21.1 Å². The van der Waals surface area contributed by atoms with Gasteiger partial charge in [-0.05, 0) is 58.5 Å². The summed E-state index contributed by atoms with van der Waals surface area (Å²) in [5, 5.41) is -0.977. The Kier molecular flexibility index (Phi) is 5.74. The SMILES string of the molecule is O=C1c2ccccc2C(=O)c2c1ccc(Oc1nc(Cl)nc(Cl)n1)c2Oc1nc(Cl)nc(Cl)n1. The van der Waals surface area contributed by atoms with Crippen LogP contribution in [0.5, 0.6) is 23.5 Å². The fraction of sp³-hybridized carbons (Fsp3) is 0. The van der Waals surface area contributed by atoms with E-state index in [0.717, 1.165) is 0 Å². The number of ketones is 2. The van der Waals surface area contributed by atoms with Gasteiger partial charge in [0.05, 0.1) is 5.56 Å². The minimum absolute atomic E-state index is 0.0732. The smallest absolute Gasteiger partial charge is 0.327 e. The number of rotatable bonds is 4. The van der Waals surface area contributed by atoms with Crippen molar-refractivity contribution in [1.29, 1.82) is 0 Å². The zero-order valence-corrected chi connectivity index (χ0v) is 19.3. The van der Waals surface area contributed by atoms with Crippen molar-refractivity contribution in [2.45, 2.75) is 0 Å². The first-order chi connectivity index (χ1) is 16.3. The summed E-state index contributed by atoms with van der Waals surface area (Å²) in [6, 6.07) is 8.52. The van der Waals surface area contributed by atoms with Gasteiger partial charge in [0.1, 0.15) is 0 Å². The maximum Gasteiger partial charge on any atom is 0.327 e. The molecule has 0 amide bonds. The molecule has 0 radical (unpaired) electrons. The molecular weight excluding hydrogens is 530 g/mol. The lowest BCUT2D eigenvalue weighted by atomic mass is 9.83. The molecule has 0 fully saturated rings. The third-order valence-electron chi connectivity index (χ3n) is 4.52. The first kappa shape index (κ1) is 22.4. The van der Waals surface area contributed by atoms with E-state index in [1.165, 1.54) is 18.2 Å². The minimum Gasteiger partial charge on any atom is -0.420 e. The van der Waals surface area contributed by atoms with Gasteiger partial charge >= 0.3 is 12.0 Å². The van der Waals surface area contributed by atoms with Crippen molar-refractivity contribution in [2.75, 3.05) is 0 Å². The van der Waals surface area contributed by atoms with E-state index in [-0.39, 0.29) is 72.7 Å². The number of benzene rings is 2. The van der Waals surface area contributed by atoms with Crippen LogP contribution in [0.1, 0.15) is 31.8 Å². The number of ether oxygens (including phenoxy) is 2. The highest BCUT2D eigenvalue weighted by molar-refractivity contribution is 6.32. The number of nitrogens with zero attached hydrogens (tertiary/aromatic N) is 6. The van der Waals surface area contributed by atoms with Gasteiger partial charge in [-0.1, -0.05) is 24.3 Å². The molecule has 0 aliphatic heterocycles. The lowest BCUT2D eigenvalue weighted by Gasteiger charge is -2.21. The monoisotopic (exact) mass is 534 g/mol. The van der Waals surface area contributed by atoms with Gasteiger partial charge in [-0.15, -0.1) is 0 Å². The molecule has 2 aromatic heterocycles. The Hall–Kier alpha value is -3.44. The lowest BCUT2D eigenvalue weighted by molar-refractivity contribution is 0.0976. The normalized spacial score (nSPS) is 12.2. The van der Waals surface area contributed by atoms with Gasteiger partial charge in [0, 0.05) is 16.7 Å². The molecule has 0 atom stereocenters. The van der Waals surface area contributed by atoms with E-state index in [1.54, 1.807) is 18.2 Å². The molecule has 0 bridgehead atoms. The number of aromatic nitrogens is 6.